The molecule has 34 heavy (non-hydrogen) atoms. The van der Waals surface area contributed by atoms with Crippen molar-refractivity contribution in [2.45, 2.75) is 6.92 Å². The fourth-order valence-corrected chi connectivity index (χ4v) is 3.72. The normalized spacial score (nSPS) is 10.9. The summed E-state index contributed by atoms with van der Waals surface area (Å²) in [6.07, 6.45) is 4.68. The zero-order chi connectivity index (χ0) is 24.1. The number of amides is 1. The van der Waals surface area contributed by atoms with E-state index < -0.39 is 0 Å². The molecule has 8 heteroatoms. The van der Waals surface area contributed by atoms with E-state index in [9.17, 15) is 4.79 Å². The summed E-state index contributed by atoms with van der Waals surface area (Å²) in [6.45, 7) is 1.78. The number of allylic oxidation sites excluding steroid dienone is 1. The fourth-order valence-electron chi connectivity index (χ4n) is 3.50. The number of benzene rings is 3. The quantitative estimate of drug-likeness (QED) is 0.306. The van der Waals surface area contributed by atoms with Crippen LogP contribution in [0.25, 0.3) is 10.8 Å². The first-order valence-corrected chi connectivity index (χ1v) is 11.0. The van der Waals surface area contributed by atoms with Crippen molar-refractivity contribution in [3.05, 3.63) is 84.0 Å². The van der Waals surface area contributed by atoms with Crippen LogP contribution in [-0.2, 0) is 4.79 Å². The number of ether oxygens (including phenoxy) is 1. The maximum atomic E-state index is 11.9. The van der Waals surface area contributed by atoms with Crippen LogP contribution in [0.4, 0.5) is 28.8 Å². The first-order chi connectivity index (χ1) is 16.5. The number of methoxy groups -OCH3 is 1. The summed E-state index contributed by atoms with van der Waals surface area (Å²) in [6, 6.07) is 19.6. The van der Waals surface area contributed by atoms with E-state index in [1.807, 2.05) is 30.1 Å². The van der Waals surface area contributed by atoms with E-state index in [1.54, 1.807) is 44.5 Å². The Labute approximate surface area is 203 Å². The molecule has 1 aromatic heterocycles. The summed E-state index contributed by atoms with van der Waals surface area (Å²) in [5.74, 6) is 1.24. The van der Waals surface area contributed by atoms with Gasteiger partial charge in [0.15, 0.2) is 5.82 Å². The topological polar surface area (TPSA) is 79.4 Å². The highest BCUT2D eigenvalue weighted by atomic mass is 35.5. The Hall–Kier alpha value is -4.10. The number of hydrogen-bond donors (Lipinski definition) is 2. The van der Waals surface area contributed by atoms with Crippen LogP contribution in [0, 0.1) is 0 Å². The van der Waals surface area contributed by atoms with Gasteiger partial charge in [-0.05, 0) is 54.1 Å². The number of fused-ring (bicyclic) bond motifs is 1. The van der Waals surface area contributed by atoms with Crippen LogP contribution in [0.3, 0.4) is 0 Å². The summed E-state index contributed by atoms with van der Waals surface area (Å²) in [7, 11) is 3.47. The predicted octanol–water partition coefficient (Wildman–Crippen LogP) is 6.32. The summed E-state index contributed by atoms with van der Waals surface area (Å²) in [5, 5.41) is 8.67. The third-order valence-electron chi connectivity index (χ3n) is 5.20. The number of nitrogens with one attached hydrogen (secondary N) is 2. The van der Waals surface area contributed by atoms with Crippen LogP contribution in [-0.4, -0.2) is 30.0 Å². The van der Waals surface area contributed by atoms with Gasteiger partial charge >= 0.3 is 0 Å². The Balaban J connectivity index is 1.63. The monoisotopic (exact) mass is 473 g/mol. The first kappa shape index (κ1) is 23.1. The number of nitrogens with zero attached hydrogens (tertiary/aromatic N) is 3. The zero-order valence-electron chi connectivity index (χ0n) is 19.0. The lowest BCUT2D eigenvalue weighted by molar-refractivity contribution is -0.111. The Morgan fingerprint density at radius 1 is 1.09 bits per heavy atom. The number of halogens is 1. The lowest BCUT2D eigenvalue weighted by Gasteiger charge is -2.21. The average Bonchev–Trinajstić information content (AvgIpc) is 2.85. The van der Waals surface area contributed by atoms with Crippen LogP contribution < -0.4 is 20.3 Å². The molecule has 0 aliphatic carbocycles. The number of anilines is 5. The summed E-state index contributed by atoms with van der Waals surface area (Å²) in [4.78, 5) is 22.8. The van der Waals surface area contributed by atoms with Gasteiger partial charge in [-0.2, -0.15) is 4.98 Å². The number of hydrogen-bond acceptors (Lipinski definition) is 6. The summed E-state index contributed by atoms with van der Waals surface area (Å²) in [5.41, 5.74) is 2.15. The van der Waals surface area contributed by atoms with Gasteiger partial charge in [-0.15, -0.1) is 0 Å². The molecule has 0 atom stereocenters. The molecule has 4 aromatic rings. The van der Waals surface area contributed by atoms with Gasteiger partial charge in [-0.25, -0.2) is 4.98 Å². The standard InChI is InChI=1S/C26H24ClN5O2/c1-4-7-24(33)29-19-11-13-23(34-3)22(15-19)30-26-28-16-21(27)25(31-26)32(2)20-12-10-17-8-5-6-9-18(17)14-20/h4-16H,1-3H3,(H,29,33)(H,28,30,31)/b7-4+. The van der Waals surface area contributed by atoms with Crippen molar-refractivity contribution in [2.24, 2.45) is 0 Å². The smallest absolute Gasteiger partial charge is 0.248 e. The van der Waals surface area contributed by atoms with Crippen molar-refractivity contribution in [2.75, 3.05) is 29.7 Å². The Kier molecular flexibility index (Phi) is 6.94. The third-order valence-corrected chi connectivity index (χ3v) is 5.46. The Bertz CT molecular complexity index is 1370. The van der Waals surface area contributed by atoms with Gasteiger partial charge in [-0.3, -0.25) is 4.79 Å². The highest BCUT2D eigenvalue weighted by molar-refractivity contribution is 6.33. The van der Waals surface area contributed by atoms with Crippen LogP contribution in [0.2, 0.25) is 5.02 Å². The fraction of sp³-hybridized carbons (Fsp3) is 0.115. The van der Waals surface area contributed by atoms with Crippen molar-refractivity contribution in [1.29, 1.82) is 0 Å². The summed E-state index contributed by atoms with van der Waals surface area (Å²) < 4.78 is 5.46. The van der Waals surface area contributed by atoms with Gasteiger partial charge in [0.25, 0.3) is 0 Å². The highest BCUT2D eigenvalue weighted by Crippen LogP contribution is 2.33. The van der Waals surface area contributed by atoms with Gasteiger partial charge in [0.2, 0.25) is 11.9 Å². The first-order valence-electron chi connectivity index (χ1n) is 10.6. The van der Waals surface area contributed by atoms with Crippen molar-refractivity contribution in [3.8, 4) is 5.75 Å². The minimum Gasteiger partial charge on any atom is -0.495 e. The number of carbonyl (C=O) groups excluding carboxylic acids is 1. The van der Waals surface area contributed by atoms with Crippen LogP contribution in [0.5, 0.6) is 5.75 Å². The lowest BCUT2D eigenvalue weighted by atomic mass is 10.1. The molecule has 2 N–H and O–H groups in total. The van der Waals surface area contributed by atoms with E-state index in [0.717, 1.165) is 16.5 Å². The molecule has 0 unspecified atom stereocenters. The number of rotatable bonds is 7. The van der Waals surface area contributed by atoms with Crippen molar-refractivity contribution < 1.29 is 9.53 Å². The second kappa shape index (κ2) is 10.2. The molecule has 0 aliphatic rings. The number of aromatic nitrogens is 2. The van der Waals surface area contributed by atoms with Gasteiger partial charge in [0.1, 0.15) is 10.8 Å². The molecule has 1 amide bonds. The van der Waals surface area contributed by atoms with E-state index in [4.69, 9.17) is 16.3 Å². The maximum Gasteiger partial charge on any atom is 0.248 e. The van der Waals surface area contributed by atoms with E-state index >= 15 is 0 Å². The molecule has 3 aromatic carbocycles. The van der Waals surface area contributed by atoms with Gasteiger partial charge < -0.3 is 20.3 Å². The molecule has 0 bridgehead atoms. The predicted molar refractivity (Wildman–Crippen MR) is 139 cm³/mol. The van der Waals surface area contributed by atoms with E-state index in [2.05, 4.69) is 44.9 Å². The Morgan fingerprint density at radius 2 is 1.88 bits per heavy atom. The molecule has 1 heterocycles. The van der Waals surface area contributed by atoms with Gasteiger partial charge in [0, 0.05) is 18.4 Å². The molecule has 0 aliphatic heterocycles. The molecule has 172 valence electrons. The number of carbonyl (C=O) groups is 1. The molecular formula is C26H24ClN5O2. The lowest BCUT2D eigenvalue weighted by Crippen LogP contribution is -2.13. The SMILES string of the molecule is C/C=C/C(=O)Nc1ccc(OC)c(Nc2ncc(Cl)c(N(C)c3ccc4ccccc4c3)n2)c1. The van der Waals surface area contributed by atoms with E-state index in [-0.39, 0.29) is 5.91 Å². The molecule has 0 fully saturated rings. The van der Waals surface area contributed by atoms with Crippen molar-refractivity contribution in [1.82, 2.24) is 9.97 Å². The summed E-state index contributed by atoms with van der Waals surface area (Å²) >= 11 is 6.46. The largest absolute Gasteiger partial charge is 0.495 e. The second-order valence-electron chi connectivity index (χ2n) is 7.48. The molecule has 7 nitrogen and oxygen atoms in total. The third kappa shape index (κ3) is 5.10. The highest BCUT2D eigenvalue weighted by Gasteiger charge is 2.14. The average molecular weight is 474 g/mol. The molecular weight excluding hydrogens is 450 g/mol. The molecule has 0 saturated carbocycles. The molecule has 0 saturated heterocycles. The molecule has 4 rings (SSSR count). The van der Waals surface area contributed by atoms with Crippen LogP contribution >= 0.6 is 11.6 Å². The molecule has 0 radical (unpaired) electrons. The van der Waals surface area contributed by atoms with E-state index in [0.29, 0.717) is 33.9 Å². The van der Waals surface area contributed by atoms with E-state index in [1.165, 1.54) is 6.08 Å². The van der Waals surface area contributed by atoms with Crippen LogP contribution in [0.1, 0.15) is 6.92 Å². The van der Waals surface area contributed by atoms with Crippen molar-refractivity contribution >= 4 is 57.1 Å². The molecule has 0 spiro atoms. The van der Waals surface area contributed by atoms with Gasteiger partial charge in [0.05, 0.1) is 19.0 Å². The Morgan fingerprint density at radius 3 is 2.65 bits per heavy atom. The van der Waals surface area contributed by atoms with Crippen molar-refractivity contribution in [3.63, 3.8) is 0 Å². The minimum atomic E-state index is -0.222. The zero-order valence-corrected chi connectivity index (χ0v) is 19.8. The minimum absolute atomic E-state index is 0.222. The second-order valence-corrected chi connectivity index (χ2v) is 7.89. The van der Waals surface area contributed by atoms with Crippen LogP contribution in [0.15, 0.2) is 79.0 Å². The van der Waals surface area contributed by atoms with Gasteiger partial charge in [-0.1, -0.05) is 48.0 Å². The maximum absolute atomic E-state index is 11.9.